The van der Waals surface area contributed by atoms with Crippen LogP contribution in [0.1, 0.15) is 18.5 Å². The van der Waals surface area contributed by atoms with Crippen LogP contribution in [0.25, 0.3) is 0 Å². The molecule has 0 radical (unpaired) electrons. The second-order valence-electron chi connectivity index (χ2n) is 4.45. The lowest BCUT2D eigenvalue weighted by Gasteiger charge is -2.25. The van der Waals surface area contributed by atoms with E-state index in [4.69, 9.17) is 23.2 Å². The van der Waals surface area contributed by atoms with Gasteiger partial charge in [-0.3, -0.25) is 4.90 Å². The zero-order chi connectivity index (χ0) is 13.9. The van der Waals surface area contributed by atoms with Crippen LogP contribution in [0.15, 0.2) is 18.2 Å². The molecule has 1 atom stereocenters. The lowest BCUT2D eigenvalue weighted by molar-refractivity contribution is 0.277. The lowest BCUT2D eigenvalue weighted by atomic mass is 10.1. The molecule has 1 aromatic rings. The van der Waals surface area contributed by atoms with Crippen molar-refractivity contribution in [2.75, 3.05) is 25.6 Å². The van der Waals surface area contributed by atoms with E-state index in [1.54, 1.807) is 12.1 Å². The highest BCUT2D eigenvalue weighted by atomic mass is 35.5. The van der Waals surface area contributed by atoms with E-state index in [1.165, 1.54) is 6.26 Å². The van der Waals surface area contributed by atoms with Gasteiger partial charge in [0.1, 0.15) is 9.84 Å². The Bertz CT molecular complexity index is 517. The summed E-state index contributed by atoms with van der Waals surface area (Å²) in [6, 6.07) is 5.38. The molecule has 1 aromatic carbocycles. The molecule has 0 amide bonds. The summed E-state index contributed by atoms with van der Waals surface area (Å²) in [5.41, 5.74) is 0.942. The minimum absolute atomic E-state index is 0.0384. The predicted molar refractivity (Wildman–Crippen MR) is 77.2 cm³/mol. The normalized spacial score (nSPS) is 13.9. The highest BCUT2D eigenvalue weighted by Gasteiger charge is 2.16. The first-order valence-corrected chi connectivity index (χ1v) is 8.35. The molecule has 0 aliphatic heterocycles. The quantitative estimate of drug-likeness (QED) is 0.839. The van der Waals surface area contributed by atoms with E-state index in [-0.39, 0.29) is 11.8 Å². The molecule has 3 nitrogen and oxygen atoms in total. The van der Waals surface area contributed by atoms with Crippen LogP contribution in [0.4, 0.5) is 0 Å². The highest BCUT2D eigenvalue weighted by Crippen LogP contribution is 2.28. The Morgan fingerprint density at radius 1 is 1.33 bits per heavy atom. The van der Waals surface area contributed by atoms with E-state index in [0.717, 1.165) is 5.56 Å². The highest BCUT2D eigenvalue weighted by molar-refractivity contribution is 7.90. The van der Waals surface area contributed by atoms with Crippen LogP contribution in [-0.2, 0) is 9.84 Å². The molecule has 6 heteroatoms. The largest absolute Gasteiger partial charge is 0.299 e. The van der Waals surface area contributed by atoms with E-state index >= 15 is 0 Å². The van der Waals surface area contributed by atoms with Crippen LogP contribution in [0.5, 0.6) is 0 Å². The molecule has 0 saturated carbocycles. The van der Waals surface area contributed by atoms with Crippen molar-refractivity contribution in [3.63, 3.8) is 0 Å². The van der Waals surface area contributed by atoms with Crippen molar-refractivity contribution in [2.24, 2.45) is 0 Å². The molecular weight excluding hydrogens is 293 g/mol. The van der Waals surface area contributed by atoms with Crippen LogP contribution < -0.4 is 0 Å². The van der Waals surface area contributed by atoms with Gasteiger partial charge in [0, 0.05) is 28.9 Å². The van der Waals surface area contributed by atoms with Gasteiger partial charge in [0.15, 0.2) is 0 Å². The summed E-state index contributed by atoms with van der Waals surface area (Å²) in [5, 5.41) is 1.19. The third-order valence-corrected chi connectivity index (χ3v) is 4.38. The molecule has 0 heterocycles. The van der Waals surface area contributed by atoms with Crippen molar-refractivity contribution in [3.8, 4) is 0 Å². The Morgan fingerprint density at radius 3 is 2.44 bits per heavy atom. The number of halogens is 2. The second kappa shape index (κ2) is 6.24. The molecule has 102 valence electrons. The van der Waals surface area contributed by atoms with Crippen molar-refractivity contribution in [1.29, 1.82) is 0 Å². The zero-order valence-electron chi connectivity index (χ0n) is 10.7. The van der Waals surface area contributed by atoms with E-state index in [9.17, 15) is 8.42 Å². The minimum Gasteiger partial charge on any atom is -0.299 e. The maximum Gasteiger partial charge on any atom is 0.148 e. The smallest absolute Gasteiger partial charge is 0.148 e. The summed E-state index contributed by atoms with van der Waals surface area (Å²) >= 11 is 12.0. The first-order chi connectivity index (χ1) is 8.20. The van der Waals surface area contributed by atoms with Gasteiger partial charge in [0.25, 0.3) is 0 Å². The van der Waals surface area contributed by atoms with Gasteiger partial charge >= 0.3 is 0 Å². The topological polar surface area (TPSA) is 37.4 Å². The molecule has 0 aromatic heterocycles. The van der Waals surface area contributed by atoms with Crippen molar-refractivity contribution in [1.82, 2.24) is 4.90 Å². The summed E-state index contributed by atoms with van der Waals surface area (Å²) < 4.78 is 22.3. The molecule has 18 heavy (non-hydrogen) atoms. The van der Waals surface area contributed by atoms with Gasteiger partial charge in [-0.25, -0.2) is 8.42 Å². The summed E-state index contributed by atoms with van der Waals surface area (Å²) in [5.74, 6) is 0.138. The Hall–Kier alpha value is -0.290. The van der Waals surface area contributed by atoms with Crippen LogP contribution >= 0.6 is 23.2 Å². The van der Waals surface area contributed by atoms with Crippen LogP contribution in [0.3, 0.4) is 0 Å². The third-order valence-electron chi connectivity index (χ3n) is 2.89. The zero-order valence-corrected chi connectivity index (χ0v) is 13.0. The molecule has 0 N–H and O–H groups in total. The van der Waals surface area contributed by atoms with E-state index in [2.05, 4.69) is 0 Å². The molecule has 0 bridgehead atoms. The fourth-order valence-electron chi connectivity index (χ4n) is 1.58. The molecule has 0 aliphatic carbocycles. The maximum absolute atomic E-state index is 11.1. The Kier molecular flexibility index (Phi) is 5.46. The average molecular weight is 310 g/mol. The van der Waals surface area contributed by atoms with Crippen LogP contribution in [0, 0.1) is 0 Å². The molecule has 0 saturated heterocycles. The molecule has 0 unspecified atom stereocenters. The molecule has 0 spiro atoms. The summed E-state index contributed by atoms with van der Waals surface area (Å²) in [4.78, 5) is 1.95. The van der Waals surface area contributed by atoms with E-state index in [1.807, 2.05) is 24.9 Å². The van der Waals surface area contributed by atoms with Gasteiger partial charge in [-0.2, -0.15) is 0 Å². The van der Waals surface area contributed by atoms with Crippen LogP contribution in [0.2, 0.25) is 10.0 Å². The number of hydrogen-bond acceptors (Lipinski definition) is 3. The monoisotopic (exact) mass is 309 g/mol. The fourth-order valence-corrected chi connectivity index (χ4v) is 2.77. The van der Waals surface area contributed by atoms with Gasteiger partial charge < -0.3 is 0 Å². The first kappa shape index (κ1) is 15.8. The minimum atomic E-state index is -2.95. The lowest BCUT2D eigenvalue weighted by Crippen LogP contribution is -2.28. The Labute approximate surface area is 119 Å². The van der Waals surface area contributed by atoms with Crippen molar-refractivity contribution >= 4 is 33.0 Å². The molecule has 0 aliphatic rings. The number of benzene rings is 1. The van der Waals surface area contributed by atoms with E-state index in [0.29, 0.717) is 16.6 Å². The van der Waals surface area contributed by atoms with Crippen LogP contribution in [-0.4, -0.2) is 38.9 Å². The van der Waals surface area contributed by atoms with Crippen molar-refractivity contribution in [2.45, 2.75) is 13.0 Å². The fraction of sp³-hybridized carbons (Fsp3) is 0.500. The van der Waals surface area contributed by atoms with Crippen molar-refractivity contribution in [3.05, 3.63) is 33.8 Å². The summed E-state index contributed by atoms with van der Waals surface area (Å²) in [6.45, 7) is 2.45. The van der Waals surface area contributed by atoms with Crippen molar-refractivity contribution < 1.29 is 8.42 Å². The second-order valence-corrected chi connectivity index (χ2v) is 7.56. The number of hydrogen-bond donors (Lipinski definition) is 0. The molecule has 1 rings (SSSR count). The standard InChI is InChI=1S/C12H17Cl2NO2S/c1-9(15(2)6-7-18(3,16)17)11-5-4-10(13)8-12(11)14/h4-5,8-9H,6-7H2,1-3H3/t9-/m1/s1. The molecule has 0 fully saturated rings. The predicted octanol–water partition coefficient (Wildman–Crippen LogP) is 3.03. The van der Waals surface area contributed by atoms with Gasteiger partial charge in [-0.05, 0) is 31.7 Å². The van der Waals surface area contributed by atoms with Gasteiger partial charge in [0.05, 0.1) is 5.75 Å². The maximum atomic E-state index is 11.1. The SMILES string of the molecule is C[C@H](c1ccc(Cl)cc1Cl)N(C)CCS(C)(=O)=O. The number of nitrogens with zero attached hydrogens (tertiary/aromatic N) is 1. The summed E-state index contributed by atoms with van der Waals surface area (Å²) in [6.07, 6.45) is 1.24. The third kappa shape index (κ3) is 4.76. The van der Waals surface area contributed by atoms with Gasteiger partial charge in [-0.15, -0.1) is 0 Å². The Balaban J connectivity index is 2.77. The summed E-state index contributed by atoms with van der Waals surface area (Å²) in [7, 11) is -1.07. The van der Waals surface area contributed by atoms with E-state index < -0.39 is 9.84 Å². The number of rotatable bonds is 5. The molecular formula is C12H17Cl2NO2S. The number of sulfone groups is 1. The van der Waals surface area contributed by atoms with Gasteiger partial charge in [0.2, 0.25) is 0 Å². The first-order valence-electron chi connectivity index (χ1n) is 5.53. The van der Waals surface area contributed by atoms with Gasteiger partial charge in [-0.1, -0.05) is 29.3 Å². The average Bonchev–Trinajstić information content (AvgIpc) is 2.24. The Morgan fingerprint density at radius 2 is 1.94 bits per heavy atom.